The van der Waals surface area contributed by atoms with Crippen LogP contribution in [0.5, 0.6) is 0 Å². The highest BCUT2D eigenvalue weighted by Crippen LogP contribution is 2.25. The minimum absolute atomic E-state index is 0.0414. The molecule has 0 aliphatic carbocycles. The second-order valence-corrected chi connectivity index (χ2v) is 36.7. The molecule has 22 N–H and O–H groups in total. The van der Waals surface area contributed by atoms with Crippen LogP contribution in [0.2, 0.25) is 0 Å². The summed E-state index contributed by atoms with van der Waals surface area (Å²) >= 11 is 0. The smallest absolute Gasteiger partial charge is 0.248 e. The summed E-state index contributed by atoms with van der Waals surface area (Å²) in [5.74, 6) is -17.1. The molecule has 1 aliphatic rings. The van der Waals surface area contributed by atoms with Gasteiger partial charge < -0.3 is 112 Å². The van der Waals surface area contributed by atoms with Crippen molar-refractivity contribution in [1.29, 1.82) is 0 Å². The highest BCUT2D eigenvalue weighted by molar-refractivity contribution is 6.04. The normalized spacial score (nSPS) is 16.0. The van der Waals surface area contributed by atoms with Crippen LogP contribution in [0.4, 0.5) is 0 Å². The van der Waals surface area contributed by atoms with Gasteiger partial charge in [-0.25, -0.2) is 0 Å². The topological polar surface area (TPSA) is 621 Å². The molecule has 1 saturated heterocycles. The van der Waals surface area contributed by atoms with Gasteiger partial charge in [-0.15, -0.1) is 0 Å². The lowest BCUT2D eigenvalue weighted by Gasteiger charge is -2.37. The molecule has 1 fully saturated rings. The third-order valence-corrected chi connectivity index (χ3v) is 20.5. The van der Waals surface area contributed by atoms with Crippen molar-refractivity contribution in [3.63, 3.8) is 0 Å². The number of carbonyl (C=O) groups is 20. The monoisotopic (exact) mass is 1730 g/mol. The number of likely N-dealkylation sites (tertiary alicyclic amines) is 1. The maximum absolute atomic E-state index is 14.5. The number of amides is 20. The summed E-state index contributed by atoms with van der Waals surface area (Å²) in [6, 6.07) is -9.86. The minimum atomic E-state index is -1.85. The van der Waals surface area contributed by atoms with E-state index in [2.05, 4.69) is 90.4 Å². The molecule has 692 valence electrons. The van der Waals surface area contributed by atoms with E-state index < -0.39 is 249 Å². The second-order valence-electron chi connectivity index (χ2n) is 36.7. The summed E-state index contributed by atoms with van der Waals surface area (Å²) in [5, 5.41) is 53.6. The number of aliphatic hydroxyl groups is 1. The van der Waals surface area contributed by atoms with Gasteiger partial charge in [-0.1, -0.05) is 69.2 Å². The molecule has 0 aromatic rings. The molecule has 41 heteroatoms. The quantitative estimate of drug-likeness (QED) is 0.0287. The van der Waals surface area contributed by atoms with Crippen LogP contribution in [0.1, 0.15) is 251 Å². The van der Waals surface area contributed by atoms with Gasteiger partial charge in [0.05, 0.1) is 25.7 Å². The molecule has 0 spiro atoms. The van der Waals surface area contributed by atoms with Crippen molar-refractivity contribution in [2.75, 3.05) is 26.2 Å². The fraction of sp³-hybridized carbons (Fsp3) is 0.753. The molecule has 10 atom stereocenters. The van der Waals surface area contributed by atoms with Crippen LogP contribution in [0.15, 0.2) is 0 Å². The van der Waals surface area contributed by atoms with Gasteiger partial charge in [0.2, 0.25) is 118 Å². The first-order valence-corrected chi connectivity index (χ1v) is 41.4. The van der Waals surface area contributed by atoms with Crippen molar-refractivity contribution >= 4 is 118 Å². The number of carbonyl (C=O) groups excluding carboxylic acids is 20. The molecule has 0 aromatic carbocycles. The van der Waals surface area contributed by atoms with Crippen molar-refractivity contribution in [2.45, 2.75) is 343 Å². The first kappa shape index (κ1) is 109. The van der Waals surface area contributed by atoms with E-state index in [9.17, 15) is 101 Å². The lowest BCUT2D eigenvalue weighted by molar-refractivity contribution is -0.146. The molecule has 0 saturated carbocycles. The number of aliphatic hydroxyl groups excluding tert-OH is 1. The molecule has 41 nitrogen and oxygen atoms in total. The summed E-state index contributed by atoms with van der Waals surface area (Å²) in [4.78, 5) is 272. The third-order valence-electron chi connectivity index (χ3n) is 20.5. The van der Waals surface area contributed by atoms with E-state index in [1.807, 2.05) is 13.8 Å². The maximum atomic E-state index is 14.5. The zero-order valence-corrected chi connectivity index (χ0v) is 76.2. The molecule has 0 bridgehead atoms. The molecule has 1 heterocycles. The second kappa shape index (κ2) is 46.6. The molecular weight excluding hydrogens is 1590 g/mol. The van der Waals surface area contributed by atoms with E-state index in [4.69, 9.17) is 11.5 Å². The summed E-state index contributed by atoms with van der Waals surface area (Å²) in [6.45, 7) is 37.0. The number of rotatable bonds is 50. The van der Waals surface area contributed by atoms with E-state index >= 15 is 0 Å². The Morgan fingerprint density at radius 3 is 1.24 bits per heavy atom. The average Bonchev–Trinajstić information content (AvgIpc) is 1.55. The third kappa shape index (κ3) is 35.1. The van der Waals surface area contributed by atoms with Crippen LogP contribution in [0.3, 0.4) is 0 Å². The zero-order valence-electron chi connectivity index (χ0n) is 76.2. The van der Waals surface area contributed by atoms with Gasteiger partial charge >= 0.3 is 0 Å². The minimum Gasteiger partial charge on any atom is -0.394 e. The Morgan fingerprint density at radius 1 is 0.393 bits per heavy atom. The van der Waals surface area contributed by atoms with Gasteiger partial charge in [0.1, 0.15) is 86.6 Å². The molecule has 10 unspecified atom stereocenters. The standard InChI is InChI=1S/C81H142N20O21/c1-27-80(25,98-61(110)50(32-34-55(83)105)91-68(117)76(17,18)95-62(111)51(37-43(5)6)88-59(108)46(11)86-56(106)39-84-66(115)74(13,14)93-47(12)103)71(120)92-58(45(9)10)65(114)97-75(15,16)67(116)85-40-57(107)94-81(26,28-2)72(121)100-79(23,24)73(122)101-35-29-30-53(101)64(113)89-52(38-44(7)8)63(112)96-78(21,22)70(119)99-77(19,20)69(118)90-49(31-33-54(82)104)60(109)87-48(41-102)36-42(3)4/h42-46,48-53,58,102H,27-41H2,1-26H3,(H2,82,104)(H2,83,105)(H,84,115)(H,85,116)(H,86,106)(H,87,109)(H,88,108)(H,89,113)(H,90,118)(H,91,117)(H,92,120)(H,93,103)(H,94,107)(H,95,111)(H,96,112)(H,97,114)(H,98,110)(H,99,119)(H,100,121). The Bertz CT molecular complexity index is 3820. The lowest BCUT2D eigenvalue weighted by atomic mass is 9.93. The highest BCUT2D eigenvalue weighted by atomic mass is 16.3. The van der Waals surface area contributed by atoms with E-state index in [-0.39, 0.29) is 69.2 Å². The van der Waals surface area contributed by atoms with Gasteiger partial charge in [-0.2, -0.15) is 0 Å². The first-order valence-electron chi connectivity index (χ1n) is 41.4. The molecule has 122 heavy (non-hydrogen) atoms. The number of nitrogens with one attached hydrogen (secondary N) is 17. The first-order chi connectivity index (χ1) is 55.7. The highest BCUT2D eigenvalue weighted by Gasteiger charge is 2.48. The van der Waals surface area contributed by atoms with Crippen molar-refractivity contribution in [2.24, 2.45) is 35.1 Å². The number of nitrogens with zero attached hydrogens (tertiary/aromatic N) is 1. The maximum Gasteiger partial charge on any atom is 0.248 e. The van der Waals surface area contributed by atoms with Gasteiger partial charge in [-0.3, -0.25) is 95.9 Å². The Balaban J connectivity index is 3.23. The molecule has 1 rings (SSSR count). The SMILES string of the molecule is CCC(C)(NC(=O)CNC(=O)C(C)(C)NC(=O)C(NC(=O)C(C)(CC)NC(=O)C(CCC(N)=O)NC(=O)C(C)(C)NC(=O)C(CC(C)C)NC(=O)C(C)NC(=O)CNC(=O)C(C)(C)NC(C)=O)C(C)C)C(=O)NC(C)(C)C(=O)N1CCCC1C(=O)NC(CC(C)C)C(=O)NC(C)(C)C(=O)NC(C)(C)C(=O)NC(CCC(N)=O)C(=O)NC(CO)CC(C)C. The largest absolute Gasteiger partial charge is 0.394 e. The summed E-state index contributed by atoms with van der Waals surface area (Å²) in [7, 11) is 0. The van der Waals surface area contributed by atoms with E-state index in [0.29, 0.717) is 12.8 Å². The van der Waals surface area contributed by atoms with Crippen molar-refractivity contribution in [1.82, 2.24) is 95.3 Å². The lowest BCUT2D eigenvalue weighted by Crippen LogP contribution is -2.66. The molecule has 0 aromatic heterocycles. The van der Waals surface area contributed by atoms with Crippen LogP contribution < -0.4 is 102 Å². The van der Waals surface area contributed by atoms with E-state index in [1.54, 1.807) is 48.5 Å². The van der Waals surface area contributed by atoms with Crippen LogP contribution in [-0.2, 0) is 95.9 Å². The van der Waals surface area contributed by atoms with Gasteiger partial charge in [0, 0.05) is 26.3 Å². The number of hydrogen-bond donors (Lipinski definition) is 20. The Kier molecular flexibility index (Phi) is 41.7. The van der Waals surface area contributed by atoms with Gasteiger partial charge in [0.15, 0.2) is 0 Å². The number of primary amides is 2. The predicted molar refractivity (Wildman–Crippen MR) is 450 cm³/mol. The van der Waals surface area contributed by atoms with Crippen LogP contribution in [0, 0.1) is 23.7 Å². The van der Waals surface area contributed by atoms with Crippen molar-refractivity contribution in [3.05, 3.63) is 0 Å². The van der Waals surface area contributed by atoms with E-state index in [1.165, 1.54) is 123 Å². The van der Waals surface area contributed by atoms with Gasteiger partial charge in [-0.05, 0) is 185 Å². The molecule has 20 amide bonds. The molecular formula is C81H142N20O21. The van der Waals surface area contributed by atoms with E-state index in [0.717, 1.165) is 0 Å². The Morgan fingerprint density at radius 2 is 0.795 bits per heavy atom. The van der Waals surface area contributed by atoms with Crippen molar-refractivity contribution < 1.29 is 101 Å². The fourth-order valence-electron chi connectivity index (χ4n) is 12.5. The average molecular weight is 1730 g/mol. The van der Waals surface area contributed by atoms with Crippen molar-refractivity contribution in [3.8, 4) is 0 Å². The fourth-order valence-corrected chi connectivity index (χ4v) is 12.5. The van der Waals surface area contributed by atoms with Crippen LogP contribution in [-0.4, -0.2) is 247 Å². The number of hydrogen-bond acceptors (Lipinski definition) is 21. The van der Waals surface area contributed by atoms with Crippen LogP contribution >= 0.6 is 0 Å². The summed E-state index contributed by atoms with van der Waals surface area (Å²) in [6.07, 6.45) is -0.501. The Hall–Kier alpha value is -10.6. The summed E-state index contributed by atoms with van der Waals surface area (Å²) in [5.41, 5.74) is -2.99. The summed E-state index contributed by atoms with van der Waals surface area (Å²) < 4.78 is 0. The van der Waals surface area contributed by atoms with Gasteiger partial charge in [0.25, 0.3) is 0 Å². The molecule has 1 aliphatic heterocycles. The Labute approximate surface area is 716 Å². The number of nitrogens with two attached hydrogens (primary N) is 2. The predicted octanol–water partition coefficient (Wildman–Crippen LogP) is -3.10. The van der Waals surface area contributed by atoms with Crippen LogP contribution in [0.25, 0.3) is 0 Å². The zero-order chi connectivity index (χ0) is 94.7. The molecule has 0 radical (unpaired) electrons.